The molecule has 3 aromatic carbocycles. The van der Waals surface area contributed by atoms with E-state index in [1.54, 1.807) is 6.08 Å². The van der Waals surface area contributed by atoms with E-state index in [0.29, 0.717) is 23.8 Å². The summed E-state index contributed by atoms with van der Waals surface area (Å²) in [6.07, 6.45) is 5.16. The summed E-state index contributed by atoms with van der Waals surface area (Å²) in [7, 11) is 1.34. The number of carbonyl (C=O) groups excluding carboxylic acids is 2. The third-order valence-electron chi connectivity index (χ3n) is 7.75. The predicted molar refractivity (Wildman–Crippen MR) is 172 cm³/mol. The predicted octanol–water partition coefficient (Wildman–Crippen LogP) is 5.40. The second-order valence-electron chi connectivity index (χ2n) is 10.7. The third-order valence-corrected chi connectivity index (χ3v) is 8.00. The first-order valence-electron chi connectivity index (χ1n) is 14.9. The number of methoxy groups -OCH3 is 1. The highest BCUT2D eigenvalue weighted by atomic mass is 35.5. The molecule has 0 bridgehead atoms. The van der Waals surface area contributed by atoms with Gasteiger partial charge >= 0.3 is 12.0 Å². The van der Waals surface area contributed by atoms with Gasteiger partial charge in [-0.1, -0.05) is 60.1 Å². The number of primary amides is 1. The lowest BCUT2D eigenvalue weighted by Gasteiger charge is -2.39. The standard InChI is InChI=1S/C34H41ClN4O5/c1-43-32(40)17-13-29-25-26(7-5-6-18-39(42)34(36)41)10-16-31(29)44-24-23-37-19-21-38(22-20-37)33(27-8-3-2-4-9-27)28-11-14-30(35)15-12-28/h2-4,8-17,25,33,42H,5-7,18-24H2,1H3,(H2,36,41)/b17-13+. The molecule has 234 valence electrons. The van der Waals surface area contributed by atoms with Gasteiger partial charge < -0.3 is 15.2 Å². The van der Waals surface area contributed by atoms with Gasteiger partial charge in [0, 0.05) is 49.4 Å². The molecule has 1 saturated heterocycles. The molecule has 0 radical (unpaired) electrons. The highest BCUT2D eigenvalue weighted by Crippen LogP contribution is 2.30. The molecule has 4 rings (SSSR count). The maximum Gasteiger partial charge on any atom is 0.338 e. The Morgan fingerprint density at radius 3 is 2.39 bits per heavy atom. The number of hydrogen-bond donors (Lipinski definition) is 2. The van der Waals surface area contributed by atoms with E-state index < -0.39 is 12.0 Å². The minimum absolute atomic E-state index is 0.167. The van der Waals surface area contributed by atoms with Gasteiger partial charge in [-0.05, 0) is 66.3 Å². The summed E-state index contributed by atoms with van der Waals surface area (Å²) in [5.41, 5.74) is 9.39. The number of hydroxylamine groups is 2. The Morgan fingerprint density at radius 2 is 1.70 bits per heavy atom. The van der Waals surface area contributed by atoms with E-state index in [4.69, 9.17) is 26.8 Å². The van der Waals surface area contributed by atoms with Crippen LogP contribution in [0.1, 0.15) is 41.1 Å². The first-order chi connectivity index (χ1) is 21.3. The Balaban J connectivity index is 1.32. The summed E-state index contributed by atoms with van der Waals surface area (Å²) in [5, 5.41) is 10.7. The van der Waals surface area contributed by atoms with Crippen molar-refractivity contribution >= 4 is 29.7 Å². The molecule has 0 aromatic heterocycles. The third kappa shape index (κ3) is 9.82. The number of carbonyl (C=O) groups is 2. The summed E-state index contributed by atoms with van der Waals surface area (Å²) in [6, 6.07) is 23.9. The number of esters is 1. The zero-order valence-electron chi connectivity index (χ0n) is 25.1. The molecule has 0 saturated carbocycles. The Bertz CT molecular complexity index is 1380. The summed E-state index contributed by atoms with van der Waals surface area (Å²) in [6.45, 7) is 5.18. The van der Waals surface area contributed by atoms with Crippen LogP contribution in [0.4, 0.5) is 4.79 Å². The first-order valence-corrected chi connectivity index (χ1v) is 15.3. The summed E-state index contributed by atoms with van der Waals surface area (Å²) in [4.78, 5) is 27.7. The van der Waals surface area contributed by atoms with Gasteiger partial charge in [0.15, 0.2) is 0 Å². The molecule has 3 N–H and O–H groups in total. The van der Waals surface area contributed by atoms with Crippen LogP contribution >= 0.6 is 11.6 Å². The topological polar surface area (TPSA) is 109 Å². The minimum atomic E-state index is -0.863. The fourth-order valence-corrected chi connectivity index (χ4v) is 5.49. The maximum absolute atomic E-state index is 11.8. The number of ether oxygens (including phenoxy) is 2. The molecule has 1 heterocycles. The molecule has 1 unspecified atom stereocenters. The van der Waals surface area contributed by atoms with Crippen LogP contribution in [-0.2, 0) is 16.0 Å². The van der Waals surface area contributed by atoms with Crippen molar-refractivity contribution in [1.29, 1.82) is 0 Å². The van der Waals surface area contributed by atoms with Crippen LogP contribution in [0.2, 0.25) is 5.02 Å². The average Bonchev–Trinajstić information content (AvgIpc) is 3.04. The summed E-state index contributed by atoms with van der Waals surface area (Å²) >= 11 is 6.18. The molecular weight excluding hydrogens is 580 g/mol. The first kappa shape index (κ1) is 33.0. The molecule has 0 aliphatic carbocycles. The second-order valence-corrected chi connectivity index (χ2v) is 11.2. The van der Waals surface area contributed by atoms with Crippen LogP contribution < -0.4 is 10.5 Å². The molecule has 2 amide bonds. The molecule has 1 atom stereocenters. The number of aryl methyl sites for hydroxylation is 1. The zero-order chi connectivity index (χ0) is 31.3. The van der Waals surface area contributed by atoms with Crippen LogP contribution in [-0.4, -0.2) is 85.1 Å². The van der Waals surface area contributed by atoms with Crippen LogP contribution in [0.25, 0.3) is 6.08 Å². The summed E-state index contributed by atoms with van der Waals surface area (Å²) < 4.78 is 11.0. The van der Waals surface area contributed by atoms with Crippen molar-refractivity contribution in [3.8, 4) is 5.75 Å². The van der Waals surface area contributed by atoms with Crippen LogP contribution in [0.5, 0.6) is 5.75 Å². The molecule has 10 heteroatoms. The van der Waals surface area contributed by atoms with Gasteiger partial charge in [-0.2, -0.15) is 0 Å². The lowest BCUT2D eigenvalue weighted by Crippen LogP contribution is -2.48. The zero-order valence-corrected chi connectivity index (χ0v) is 25.9. The molecule has 1 aliphatic rings. The number of benzene rings is 3. The fraction of sp³-hybridized carbons (Fsp3) is 0.353. The number of rotatable bonds is 14. The number of nitrogens with two attached hydrogens (primary N) is 1. The van der Waals surface area contributed by atoms with Crippen molar-refractivity contribution in [2.75, 3.05) is 53.0 Å². The normalized spacial score (nSPS) is 14.8. The number of hydrogen-bond acceptors (Lipinski definition) is 7. The van der Waals surface area contributed by atoms with Gasteiger partial charge in [0.05, 0.1) is 19.7 Å². The Kier molecular flexibility index (Phi) is 12.6. The number of unbranched alkanes of at least 4 members (excludes halogenated alkanes) is 1. The maximum atomic E-state index is 11.8. The van der Waals surface area contributed by atoms with Crippen LogP contribution in [0, 0.1) is 0 Å². The lowest BCUT2D eigenvalue weighted by molar-refractivity contribution is -0.134. The van der Waals surface area contributed by atoms with Crippen LogP contribution in [0.15, 0.2) is 78.9 Å². The van der Waals surface area contributed by atoms with E-state index in [-0.39, 0.29) is 12.6 Å². The van der Waals surface area contributed by atoms with Gasteiger partial charge in [0.1, 0.15) is 12.4 Å². The van der Waals surface area contributed by atoms with Crippen molar-refractivity contribution in [3.63, 3.8) is 0 Å². The number of nitrogens with zero attached hydrogens (tertiary/aromatic N) is 3. The molecule has 3 aromatic rings. The van der Waals surface area contributed by atoms with Gasteiger partial charge in [-0.3, -0.25) is 15.0 Å². The largest absolute Gasteiger partial charge is 0.492 e. The Labute approximate surface area is 264 Å². The van der Waals surface area contributed by atoms with Crippen molar-refractivity contribution in [1.82, 2.24) is 14.9 Å². The van der Waals surface area contributed by atoms with Gasteiger partial charge in [-0.15, -0.1) is 0 Å². The number of piperazine rings is 1. The van der Waals surface area contributed by atoms with Crippen molar-refractivity contribution in [2.24, 2.45) is 5.73 Å². The van der Waals surface area contributed by atoms with Gasteiger partial charge in [0.2, 0.25) is 0 Å². The van der Waals surface area contributed by atoms with E-state index >= 15 is 0 Å². The summed E-state index contributed by atoms with van der Waals surface area (Å²) in [5.74, 6) is 0.246. The van der Waals surface area contributed by atoms with E-state index in [1.807, 2.05) is 36.4 Å². The molecule has 1 aliphatic heterocycles. The van der Waals surface area contributed by atoms with E-state index in [0.717, 1.165) is 61.7 Å². The monoisotopic (exact) mass is 620 g/mol. The smallest absolute Gasteiger partial charge is 0.338 e. The van der Waals surface area contributed by atoms with Crippen molar-refractivity contribution < 1.29 is 24.3 Å². The van der Waals surface area contributed by atoms with Crippen molar-refractivity contribution in [3.05, 3.63) is 106 Å². The quantitative estimate of drug-likeness (QED) is 0.0816. The second kappa shape index (κ2) is 16.8. The van der Waals surface area contributed by atoms with E-state index in [2.05, 4.69) is 46.2 Å². The van der Waals surface area contributed by atoms with Gasteiger partial charge in [-0.25, -0.2) is 14.7 Å². The fourth-order valence-electron chi connectivity index (χ4n) is 5.37. The Morgan fingerprint density at radius 1 is 1.00 bits per heavy atom. The molecule has 1 fully saturated rings. The average molecular weight is 621 g/mol. The van der Waals surface area contributed by atoms with E-state index in [9.17, 15) is 14.8 Å². The van der Waals surface area contributed by atoms with Crippen LogP contribution in [0.3, 0.4) is 0 Å². The Hall–Kier alpha value is -3.89. The SMILES string of the molecule is COC(=O)/C=C/c1cc(CCCCN(O)C(N)=O)ccc1OCCN1CCN(C(c2ccccc2)c2ccc(Cl)cc2)CC1. The number of amides is 2. The molecular formula is C34H41ClN4O5. The lowest BCUT2D eigenvalue weighted by atomic mass is 9.96. The van der Waals surface area contributed by atoms with Gasteiger partial charge in [0.25, 0.3) is 0 Å². The minimum Gasteiger partial charge on any atom is -0.492 e. The van der Waals surface area contributed by atoms with E-state index in [1.165, 1.54) is 24.3 Å². The highest BCUT2D eigenvalue weighted by Gasteiger charge is 2.26. The van der Waals surface area contributed by atoms with Crippen molar-refractivity contribution in [2.45, 2.75) is 25.3 Å². The molecule has 9 nitrogen and oxygen atoms in total. The number of halogens is 1. The number of urea groups is 1. The molecule has 0 spiro atoms. The highest BCUT2D eigenvalue weighted by molar-refractivity contribution is 6.30. The molecule has 44 heavy (non-hydrogen) atoms.